The van der Waals surface area contributed by atoms with Gasteiger partial charge in [-0.15, -0.1) is 6.58 Å². The van der Waals surface area contributed by atoms with Crippen molar-refractivity contribution in [2.75, 3.05) is 13.6 Å². The topological polar surface area (TPSA) is 74.7 Å². The third-order valence-electron chi connectivity index (χ3n) is 2.82. The molecule has 8 heteroatoms. The summed E-state index contributed by atoms with van der Waals surface area (Å²) in [6.07, 6.45) is 2.98. The second-order valence-electron chi connectivity index (χ2n) is 4.33. The molecule has 0 bridgehead atoms. The number of carboxylic acids is 1. The van der Waals surface area contributed by atoms with Crippen molar-refractivity contribution in [3.8, 4) is 0 Å². The first-order chi connectivity index (χ1) is 9.71. The molecule has 0 amide bonds. The Kier molecular flexibility index (Phi) is 6.22. The SMILES string of the molecule is C=CCCCN(C)S(=O)(=O)c1cc(C(=O)O)c(Cl)cc1Cl. The van der Waals surface area contributed by atoms with Crippen LogP contribution in [0.3, 0.4) is 0 Å². The third-order valence-corrected chi connectivity index (χ3v) is 5.46. The fourth-order valence-corrected chi connectivity index (χ4v) is 3.67. The Morgan fingerprint density at radius 2 is 2.00 bits per heavy atom. The summed E-state index contributed by atoms with van der Waals surface area (Å²) in [7, 11) is -2.47. The van der Waals surface area contributed by atoms with E-state index in [-0.39, 0.29) is 27.0 Å². The fraction of sp³-hybridized carbons (Fsp3) is 0.308. The molecule has 1 N–H and O–H groups in total. The van der Waals surface area contributed by atoms with E-state index in [2.05, 4.69) is 6.58 Å². The van der Waals surface area contributed by atoms with Crippen LogP contribution in [-0.4, -0.2) is 37.4 Å². The lowest BCUT2D eigenvalue weighted by Crippen LogP contribution is -2.28. The number of unbranched alkanes of at least 4 members (excludes halogenated alkanes) is 1. The fourth-order valence-electron chi connectivity index (χ4n) is 1.64. The van der Waals surface area contributed by atoms with E-state index in [1.807, 2.05) is 0 Å². The van der Waals surface area contributed by atoms with Crippen molar-refractivity contribution in [2.45, 2.75) is 17.7 Å². The Bertz CT molecular complexity index is 658. The highest BCUT2D eigenvalue weighted by molar-refractivity contribution is 7.89. The van der Waals surface area contributed by atoms with E-state index in [1.165, 1.54) is 7.05 Å². The summed E-state index contributed by atoms with van der Waals surface area (Å²) < 4.78 is 25.9. The van der Waals surface area contributed by atoms with Gasteiger partial charge in [0.25, 0.3) is 0 Å². The van der Waals surface area contributed by atoms with Gasteiger partial charge in [0.2, 0.25) is 10.0 Å². The maximum absolute atomic E-state index is 12.4. The molecule has 0 atom stereocenters. The summed E-state index contributed by atoms with van der Waals surface area (Å²) in [5.41, 5.74) is -0.306. The summed E-state index contributed by atoms with van der Waals surface area (Å²) in [6.45, 7) is 3.84. The number of nitrogens with zero attached hydrogens (tertiary/aromatic N) is 1. The van der Waals surface area contributed by atoms with E-state index in [0.717, 1.165) is 16.4 Å². The molecule has 0 unspecified atom stereocenters. The largest absolute Gasteiger partial charge is 0.478 e. The molecule has 1 aromatic carbocycles. The minimum absolute atomic E-state index is 0.110. The van der Waals surface area contributed by atoms with Crippen molar-refractivity contribution in [1.82, 2.24) is 4.31 Å². The summed E-state index contributed by atoms with van der Waals surface area (Å²) in [5.74, 6) is -1.32. The minimum Gasteiger partial charge on any atom is -0.478 e. The molecule has 0 aromatic heterocycles. The van der Waals surface area contributed by atoms with Crippen LogP contribution < -0.4 is 0 Å². The lowest BCUT2D eigenvalue weighted by atomic mass is 10.2. The molecular weight excluding hydrogens is 337 g/mol. The number of hydrogen-bond donors (Lipinski definition) is 1. The molecule has 0 saturated heterocycles. The van der Waals surface area contributed by atoms with Crippen LogP contribution in [0.15, 0.2) is 29.7 Å². The zero-order valence-electron chi connectivity index (χ0n) is 11.3. The number of carboxylic acid groups (broad SMARTS) is 1. The van der Waals surface area contributed by atoms with Gasteiger partial charge in [0, 0.05) is 13.6 Å². The van der Waals surface area contributed by atoms with Crippen molar-refractivity contribution in [3.05, 3.63) is 40.4 Å². The van der Waals surface area contributed by atoms with Crippen molar-refractivity contribution < 1.29 is 18.3 Å². The number of hydrogen-bond acceptors (Lipinski definition) is 3. The molecule has 0 fully saturated rings. The Morgan fingerprint density at radius 3 is 2.52 bits per heavy atom. The number of rotatable bonds is 7. The molecule has 1 aromatic rings. The van der Waals surface area contributed by atoms with Gasteiger partial charge in [-0.1, -0.05) is 29.3 Å². The number of carbonyl (C=O) groups is 1. The average Bonchev–Trinajstić information content (AvgIpc) is 2.37. The number of allylic oxidation sites excluding steroid dienone is 1. The van der Waals surface area contributed by atoms with Crippen LogP contribution in [0, 0.1) is 0 Å². The highest BCUT2D eigenvalue weighted by Crippen LogP contribution is 2.30. The van der Waals surface area contributed by atoms with Gasteiger partial charge in [0.1, 0.15) is 4.90 Å². The average molecular weight is 352 g/mol. The first-order valence-electron chi connectivity index (χ1n) is 6.01. The third kappa shape index (κ3) is 4.20. The normalized spacial score (nSPS) is 11.6. The maximum Gasteiger partial charge on any atom is 0.337 e. The molecular formula is C13H15Cl2NO4S. The molecule has 0 saturated carbocycles. The highest BCUT2D eigenvalue weighted by Gasteiger charge is 2.26. The molecule has 21 heavy (non-hydrogen) atoms. The monoisotopic (exact) mass is 351 g/mol. The number of benzene rings is 1. The van der Waals surface area contributed by atoms with E-state index >= 15 is 0 Å². The van der Waals surface area contributed by atoms with Gasteiger partial charge in [0.05, 0.1) is 15.6 Å². The van der Waals surface area contributed by atoms with Crippen molar-refractivity contribution >= 4 is 39.2 Å². The lowest BCUT2D eigenvalue weighted by Gasteiger charge is -2.18. The van der Waals surface area contributed by atoms with Gasteiger partial charge >= 0.3 is 5.97 Å². The van der Waals surface area contributed by atoms with Crippen LogP contribution in [0.1, 0.15) is 23.2 Å². The number of sulfonamides is 1. The molecule has 0 aliphatic carbocycles. The molecule has 116 valence electrons. The predicted octanol–water partition coefficient (Wildman–Crippen LogP) is 3.28. The Morgan fingerprint density at radius 1 is 1.38 bits per heavy atom. The Hall–Kier alpha value is -1.08. The summed E-state index contributed by atoms with van der Waals surface area (Å²) in [4.78, 5) is 10.8. The molecule has 1 rings (SSSR count). The van der Waals surface area contributed by atoms with Gasteiger partial charge in [-0.2, -0.15) is 0 Å². The van der Waals surface area contributed by atoms with Crippen molar-refractivity contribution in [2.24, 2.45) is 0 Å². The number of halogens is 2. The summed E-state index contributed by atoms with van der Waals surface area (Å²) in [5, 5.41) is 8.79. The first-order valence-corrected chi connectivity index (χ1v) is 8.21. The van der Waals surface area contributed by atoms with E-state index < -0.39 is 16.0 Å². The van der Waals surface area contributed by atoms with Crippen LogP contribution in [-0.2, 0) is 10.0 Å². The van der Waals surface area contributed by atoms with Crippen LogP contribution in [0.2, 0.25) is 10.0 Å². The van der Waals surface area contributed by atoms with E-state index in [9.17, 15) is 13.2 Å². The second-order valence-corrected chi connectivity index (χ2v) is 7.15. The van der Waals surface area contributed by atoms with Crippen LogP contribution in [0.4, 0.5) is 0 Å². The van der Waals surface area contributed by atoms with Crippen molar-refractivity contribution in [3.63, 3.8) is 0 Å². The summed E-state index contributed by atoms with van der Waals surface area (Å²) in [6, 6.07) is 2.10. The second kappa shape index (κ2) is 7.26. The van der Waals surface area contributed by atoms with Gasteiger partial charge in [0.15, 0.2) is 0 Å². The van der Waals surface area contributed by atoms with Gasteiger partial charge < -0.3 is 5.11 Å². The standard InChI is InChI=1S/C13H15Cl2NO4S/c1-3-4-5-6-16(2)21(19,20)12-7-9(13(17)18)10(14)8-11(12)15/h3,7-8H,1,4-6H2,2H3,(H,17,18). The predicted molar refractivity (Wildman–Crippen MR) is 82.7 cm³/mol. The molecule has 0 spiro atoms. The lowest BCUT2D eigenvalue weighted by molar-refractivity contribution is 0.0697. The molecule has 0 heterocycles. The summed E-state index contributed by atoms with van der Waals surface area (Å²) >= 11 is 11.6. The molecule has 5 nitrogen and oxygen atoms in total. The van der Waals surface area contributed by atoms with E-state index in [1.54, 1.807) is 6.08 Å². The quantitative estimate of drug-likeness (QED) is 0.604. The first kappa shape index (κ1) is 18.0. The van der Waals surface area contributed by atoms with E-state index in [4.69, 9.17) is 28.3 Å². The minimum atomic E-state index is -3.88. The highest BCUT2D eigenvalue weighted by atomic mass is 35.5. The maximum atomic E-state index is 12.4. The van der Waals surface area contributed by atoms with Gasteiger partial charge in [-0.3, -0.25) is 0 Å². The van der Waals surface area contributed by atoms with Gasteiger partial charge in [-0.25, -0.2) is 17.5 Å². The zero-order valence-corrected chi connectivity index (χ0v) is 13.7. The Balaban J connectivity index is 3.21. The van der Waals surface area contributed by atoms with Crippen LogP contribution in [0.25, 0.3) is 0 Å². The molecule has 0 aliphatic rings. The van der Waals surface area contributed by atoms with E-state index in [0.29, 0.717) is 12.8 Å². The molecule has 0 aliphatic heterocycles. The van der Waals surface area contributed by atoms with Crippen LogP contribution >= 0.6 is 23.2 Å². The Labute approximate surface area is 133 Å². The van der Waals surface area contributed by atoms with Crippen molar-refractivity contribution in [1.29, 1.82) is 0 Å². The zero-order chi connectivity index (χ0) is 16.2. The number of aromatic carboxylic acids is 1. The molecule has 0 radical (unpaired) electrons. The van der Waals surface area contributed by atoms with Gasteiger partial charge in [-0.05, 0) is 25.0 Å². The van der Waals surface area contributed by atoms with Crippen LogP contribution in [0.5, 0.6) is 0 Å². The smallest absolute Gasteiger partial charge is 0.337 e.